The largest absolute Gasteiger partial charge is 0.484 e. The van der Waals surface area contributed by atoms with Gasteiger partial charge in [-0.05, 0) is 31.9 Å². The highest BCUT2D eigenvalue weighted by molar-refractivity contribution is 5.80. The van der Waals surface area contributed by atoms with E-state index in [4.69, 9.17) is 4.74 Å². The van der Waals surface area contributed by atoms with E-state index in [0.29, 0.717) is 0 Å². The van der Waals surface area contributed by atoms with Gasteiger partial charge in [-0.1, -0.05) is 19.9 Å². The van der Waals surface area contributed by atoms with E-state index in [2.05, 4.69) is 5.32 Å². The van der Waals surface area contributed by atoms with Gasteiger partial charge in [0.25, 0.3) is 0 Å². The van der Waals surface area contributed by atoms with E-state index in [1.54, 1.807) is 33.8 Å². The summed E-state index contributed by atoms with van der Waals surface area (Å²) in [5.74, 6) is -1.17. The number of para-hydroxylation sites is 1. The zero-order valence-electron chi connectivity index (χ0n) is 12.5. The Hall–Kier alpha value is -2.31. The third kappa shape index (κ3) is 4.34. The lowest BCUT2D eigenvalue weighted by atomic mass is 10.0. The van der Waals surface area contributed by atoms with Crippen molar-refractivity contribution in [1.82, 2.24) is 0 Å². The molecule has 0 aliphatic carbocycles. The number of carbonyl (C=O) groups is 1. The molecule has 7 nitrogen and oxygen atoms in total. The van der Waals surface area contributed by atoms with Gasteiger partial charge in [-0.2, -0.15) is 0 Å². The lowest BCUT2D eigenvalue weighted by molar-refractivity contribution is -0.385. The lowest BCUT2D eigenvalue weighted by Gasteiger charge is -2.20. The fraction of sp³-hybridized carbons (Fsp3) is 0.500. The third-order valence-electron chi connectivity index (χ3n) is 2.79. The molecule has 1 aromatic rings. The Morgan fingerprint density at radius 3 is 2.38 bits per heavy atom. The van der Waals surface area contributed by atoms with Gasteiger partial charge in [-0.25, -0.2) is 4.79 Å². The van der Waals surface area contributed by atoms with Crippen LogP contribution >= 0.6 is 0 Å². The molecule has 0 saturated heterocycles. The zero-order valence-corrected chi connectivity index (χ0v) is 12.5. The first-order valence-electron chi connectivity index (χ1n) is 6.67. The number of nitrogens with zero attached hydrogens (tertiary/aromatic N) is 1. The molecule has 7 heteroatoms. The summed E-state index contributed by atoms with van der Waals surface area (Å²) in [6.45, 7) is 6.98. The minimum absolute atomic E-state index is 0.118. The number of carboxylic acid groups (broad SMARTS) is 1. The van der Waals surface area contributed by atoms with E-state index in [1.807, 2.05) is 0 Å². The van der Waals surface area contributed by atoms with Crippen molar-refractivity contribution in [2.75, 3.05) is 5.32 Å². The number of anilines is 1. The molecule has 1 rings (SSSR count). The average Bonchev–Trinajstić information content (AvgIpc) is 2.33. The van der Waals surface area contributed by atoms with Crippen LogP contribution in [-0.2, 0) is 4.79 Å². The molecule has 0 heterocycles. The second-order valence-electron chi connectivity index (χ2n) is 5.28. The Kier molecular flexibility index (Phi) is 5.52. The molecule has 116 valence electrons. The molecule has 21 heavy (non-hydrogen) atoms. The summed E-state index contributed by atoms with van der Waals surface area (Å²) in [4.78, 5) is 21.9. The van der Waals surface area contributed by atoms with Gasteiger partial charge in [0.2, 0.25) is 0 Å². The summed E-state index contributed by atoms with van der Waals surface area (Å²) in [5.41, 5.74) is -0.114. The highest BCUT2D eigenvalue weighted by Gasteiger charge is 2.27. The summed E-state index contributed by atoms with van der Waals surface area (Å²) in [5, 5.41) is 23.2. The van der Waals surface area contributed by atoms with Crippen LogP contribution in [0.1, 0.15) is 27.7 Å². The molecule has 1 aromatic carbocycles. The normalized spacial score (nSPS) is 12.3. The smallest absolute Gasteiger partial charge is 0.333 e. The number of hydrogen-bond donors (Lipinski definition) is 2. The van der Waals surface area contributed by atoms with Crippen LogP contribution in [-0.4, -0.2) is 28.1 Å². The van der Waals surface area contributed by atoms with Crippen molar-refractivity contribution >= 4 is 17.3 Å². The maximum absolute atomic E-state index is 11.3. The van der Waals surface area contributed by atoms with Crippen molar-refractivity contribution < 1.29 is 19.6 Å². The van der Waals surface area contributed by atoms with Gasteiger partial charge >= 0.3 is 11.7 Å². The summed E-state index contributed by atoms with van der Waals surface area (Å²) in [6, 6.07) is 3.64. The molecule has 1 unspecified atom stereocenters. The van der Waals surface area contributed by atoms with Crippen LogP contribution < -0.4 is 10.1 Å². The van der Waals surface area contributed by atoms with E-state index in [1.165, 1.54) is 12.1 Å². The lowest BCUT2D eigenvalue weighted by Crippen LogP contribution is -2.34. The van der Waals surface area contributed by atoms with Crippen LogP contribution in [0.2, 0.25) is 0 Å². The standard InChI is InChI=1S/C14H20N2O5/c1-8(2)12(14(17)18)15-10-6-5-7-11(21-9(3)4)13(10)16(19)20/h5-9,12,15H,1-4H3,(H,17,18). The first-order chi connectivity index (χ1) is 9.73. The van der Waals surface area contributed by atoms with E-state index in [0.717, 1.165) is 0 Å². The quantitative estimate of drug-likeness (QED) is 0.592. The molecule has 0 amide bonds. The van der Waals surface area contributed by atoms with Crippen molar-refractivity contribution in [3.8, 4) is 5.75 Å². The Morgan fingerprint density at radius 2 is 1.95 bits per heavy atom. The zero-order chi connectivity index (χ0) is 16.2. The van der Waals surface area contributed by atoms with E-state index in [-0.39, 0.29) is 29.1 Å². The van der Waals surface area contributed by atoms with E-state index in [9.17, 15) is 20.0 Å². The number of rotatable bonds is 7. The number of aliphatic carboxylic acids is 1. The Balaban J connectivity index is 3.23. The fourth-order valence-electron chi connectivity index (χ4n) is 1.86. The predicted octanol–water partition coefficient (Wildman–Crippen LogP) is 2.90. The molecule has 0 bridgehead atoms. The molecule has 0 saturated carbocycles. The second-order valence-corrected chi connectivity index (χ2v) is 5.28. The van der Waals surface area contributed by atoms with Gasteiger partial charge < -0.3 is 15.2 Å². The van der Waals surface area contributed by atoms with Crippen molar-refractivity contribution in [2.24, 2.45) is 5.92 Å². The van der Waals surface area contributed by atoms with Gasteiger partial charge in [-0.15, -0.1) is 0 Å². The van der Waals surface area contributed by atoms with Crippen molar-refractivity contribution in [3.05, 3.63) is 28.3 Å². The number of nitro groups is 1. The van der Waals surface area contributed by atoms with Crippen LogP contribution in [0.15, 0.2) is 18.2 Å². The van der Waals surface area contributed by atoms with Crippen LogP contribution in [0.5, 0.6) is 5.75 Å². The molecule has 2 N–H and O–H groups in total. The predicted molar refractivity (Wildman–Crippen MR) is 78.7 cm³/mol. The second kappa shape index (κ2) is 6.92. The molecular weight excluding hydrogens is 276 g/mol. The van der Waals surface area contributed by atoms with Crippen LogP contribution in [0.3, 0.4) is 0 Å². The molecule has 0 aliphatic rings. The molecule has 0 fully saturated rings. The molecule has 1 atom stereocenters. The topological polar surface area (TPSA) is 102 Å². The summed E-state index contributed by atoms with van der Waals surface area (Å²) >= 11 is 0. The maximum Gasteiger partial charge on any atom is 0.333 e. The van der Waals surface area contributed by atoms with Crippen molar-refractivity contribution in [2.45, 2.75) is 39.8 Å². The van der Waals surface area contributed by atoms with Crippen LogP contribution in [0.4, 0.5) is 11.4 Å². The Bertz CT molecular complexity index is 528. The minimum atomic E-state index is -1.06. The SMILES string of the molecule is CC(C)Oc1cccc(NC(C(=O)O)C(C)C)c1[N+](=O)[O-]. The molecule has 0 spiro atoms. The Labute approximate surface area is 123 Å². The number of nitrogens with one attached hydrogen (secondary N) is 1. The number of carboxylic acids is 1. The van der Waals surface area contributed by atoms with E-state index >= 15 is 0 Å². The van der Waals surface area contributed by atoms with Crippen molar-refractivity contribution in [1.29, 1.82) is 0 Å². The minimum Gasteiger partial charge on any atom is -0.484 e. The first kappa shape index (κ1) is 16.7. The van der Waals surface area contributed by atoms with Gasteiger partial charge in [0, 0.05) is 0 Å². The van der Waals surface area contributed by atoms with E-state index < -0.39 is 16.9 Å². The van der Waals surface area contributed by atoms with Gasteiger partial charge in [0.1, 0.15) is 11.7 Å². The summed E-state index contributed by atoms with van der Waals surface area (Å²) in [7, 11) is 0. The molecule has 0 radical (unpaired) electrons. The van der Waals surface area contributed by atoms with Crippen molar-refractivity contribution in [3.63, 3.8) is 0 Å². The van der Waals surface area contributed by atoms with Gasteiger partial charge in [-0.3, -0.25) is 10.1 Å². The fourth-order valence-corrected chi connectivity index (χ4v) is 1.86. The molecule has 0 aliphatic heterocycles. The third-order valence-corrected chi connectivity index (χ3v) is 2.79. The number of benzene rings is 1. The summed E-state index contributed by atoms with van der Waals surface area (Å²) in [6.07, 6.45) is -0.223. The number of ether oxygens (including phenoxy) is 1. The molecule has 0 aromatic heterocycles. The van der Waals surface area contributed by atoms with Crippen LogP contribution in [0.25, 0.3) is 0 Å². The highest BCUT2D eigenvalue weighted by atomic mass is 16.6. The highest BCUT2D eigenvalue weighted by Crippen LogP contribution is 2.36. The summed E-state index contributed by atoms with van der Waals surface area (Å²) < 4.78 is 5.42. The average molecular weight is 296 g/mol. The Morgan fingerprint density at radius 1 is 1.33 bits per heavy atom. The number of hydrogen-bond acceptors (Lipinski definition) is 5. The number of nitro benzene ring substituents is 1. The maximum atomic E-state index is 11.3. The van der Waals surface area contributed by atoms with Crippen LogP contribution in [0, 0.1) is 16.0 Å². The first-order valence-corrected chi connectivity index (χ1v) is 6.67. The van der Waals surface area contributed by atoms with Gasteiger partial charge in [0.15, 0.2) is 5.75 Å². The monoisotopic (exact) mass is 296 g/mol. The molecular formula is C14H20N2O5. The van der Waals surface area contributed by atoms with Gasteiger partial charge in [0.05, 0.1) is 11.0 Å².